The van der Waals surface area contributed by atoms with Crippen molar-refractivity contribution in [1.82, 2.24) is 0 Å². The molecule has 0 atom stereocenters. The Morgan fingerprint density at radius 3 is 2.75 bits per heavy atom. The summed E-state index contributed by atoms with van der Waals surface area (Å²) in [5.74, 6) is 0.0349. The molecule has 2 N–H and O–H groups in total. The van der Waals surface area contributed by atoms with Crippen molar-refractivity contribution in [1.29, 1.82) is 0 Å². The minimum absolute atomic E-state index is 0. The molecule has 4 nitrogen and oxygen atoms in total. The van der Waals surface area contributed by atoms with Gasteiger partial charge >= 0.3 is 0 Å². The Bertz CT molecular complexity index is 518. The molecule has 20 heavy (non-hydrogen) atoms. The minimum atomic E-state index is -0.762. The zero-order chi connectivity index (χ0) is 13.5. The predicted molar refractivity (Wildman–Crippen MR) is 84.4 cm³/mol. The average molecular weight is 362 g/mol. The highest BCUT2D eigenvalue weighted by molar-refractivity contribution is 9.10. The molecule has 0 aromatic heterocycles. The Morgan fingerprint density at radius 2 is 2.05 bits per heavy atom. The maximum absolute atomic E-state index is 12.7. The first-order valence-corrected chi connectivity index (χ1v) is 7.36. The fourth-order valence-corrected chi connectivity index (χ4v) is 3.13. The first-order valence-electron chi connectivity index (χ1n) is 6.57. The number of hydrogen-bond donors (Lipinski definition) is 1. The second-order valence-electron chi connectivity index (χ2n) is 5.25. The van der Waals surface area contributed by atoms with Gasteiger partial charge in [-0.1, -0.05) is 22.0 Å². The van der Waals surface area contributed by atoms with Crippen LogP contribution >= 0.6 is 28.3 Å². The predicted octanol–water partition coefficient (Wildman–Crippen LogP) is 2.27. The van der Waals surface area contributed by atoms with Gasteiger partial charge in [-0.05, 0) is 37.0 Å². The molecule has 0 radical (unpaired) electrons. The van der Waals surface area contributed by atoms with Gasteiger partial charge in [-0.15, -0.1) is 12.4 Å². The van der Waals surface area contributed by atoms with Crippen LogP contribution in [0.25, 0.3) is 0 Å². The number of nitrogens with zero attached hydrogens (tertiary/aromatic N) is 1. The number of ether oxygens (including phenoxy) is 1. The minimum Gasteiger partial charge on any atom is -0.381 e. The summed E-state index contributed by atoms with van der Waals surface area (Å²) in [6.07, 6.45) is 2.11. The molecule has 2 aliphatic rings. The van der Waals surface area contributed by atoms with E-state index in [-0.39, 0.29) is 18.3 Å². The normalized spacial score (nSPS) is 20.2. The van der Waals surface area contributed by atoms with Crippen LogP contribution in [0.5, 0.6) is 0 Å². The summed E-state index contributed by atoms with van der Waals surface area (Å²) in [7, 11) is 0. The number of carbonyl (C=O) groups is 1. The Balaban J connectivity index is 0.00000147. The molecule has 1 saturated heterocycles. The van der Waals surface area contributed by atoms with E-state index in [1.807, 2.05) is 17.0 Å². The number of halogens is 2. The summed E-state index contributed by atoms with van der Waals surface area (Å²) >= 11 is 3.46. The molecule has 2 aliphatic heterocycles. The monoisotopic (exact) mass is 360 g/mol. The lowest BCUT2D eigenvalue weighted by molar-refractivity contribution is -0.126. The molecule has 6 heteroatoms. The second kappa shape index (κ2) is 6.02. The number of carbonyl (C=O) groups excluding carboxylic acids is 1. The van der Waals surface area contributed by atoms with E-state index in [1.165, 1.54) is 5.56 Å². The SMILES string of the molecule is Cl.NC1(C(=O)N2CCc3ccc(Br)cc32)CCOCC1. The van der Waals surface area contributed by atoms with Crippen LogP contribution in [0, 0.1) is 0 Å². The molecular weight excluding hydrogens is 344 g/mol. The number of rotatable bonds is 1. The van der Waals surface area contributed by atoms with Crippen molar-refractivity contribution in [3.05, 3.63) is 28.2 Å². The molecule has 0 bridgehead atoms. The fourth-order valence-electron chi connectivity index (χ4n) is 2.78. The van der Waals surface area contributed by atoms with Crippen LogP contribution in [0.1, 0.15) is 18.4 Å². The molecule has 2 heterocycles. The number of anilines is 1. The quantitative estimate of drug-likeness (QED) is 0.835. The first kappa shape index (κ1) is 15.8. The number of benzene rings is 1. The van der Waals surface area contributed by atoms with Gasteiger partial charge in [0, 0.05) is 29.9 Å². The molecule has 0 saturated carbocycles. The maximum atomic E-state index is 12.7. The number of nitrogens with two attached hydrogens (primary N) is 1. The molecule has 0 spiro atoms. The third kappa shape index (κ3) is 2.72. The van der Waals surface area contributed by atoms with Crippen LogP contribution in [0.15, 0.2) is 22.7 Å². The fraction of sp³-hybridized carbons (Fsp3) is 0.500. The van der Waals surface area contributed by atoms with E-state index in [0.29, 0.717) is 26.1 Å². The van der Waals surface area contributed by atoms with Crippen LogP contribution in [-0.2, 0) is 16.0 Å². The summed E-state index contributed by atoms with van der Waals surface area (Å²) < 4.78 is 6.30. The van der Waals surface area contributed by atoms with Crippen molar-refractivity contribution in [2.75, 3.05) is 24.7 Å². The third-order valence-corrected chi connectivity index (χ3v) is 4.49. The van der Waals surface area contributed by atoms with E-state index in [2.05, 4.69) is 22.0 Å². The smallest absolute Gasteiger partial charge is 0.247 e. The van der Waals surface area contributed by atoms with Crippen LogP contribution < -0.4 is 10.6 Å². The zero-order valence-electron chi connectivity index (χ0n) is 11.1. The first-order chi connectivity index (χ1) is 9.10. The Morgan fingerprint density at radius 1 is 1.35 bits per heavy atom. The van der Waals surface area contributed by atoms with Gasteiger partial charge in [-0.3, -0.25) is 4.79 Å². The highest BCUT2D eigenvalue weighted by Gasteiger charge is 2.41. The number of amides is 1. The molecule has 1 aromatic rings. The molecule has 3 rings (SSSR count). The van der Waals surface area contributed by atoms with Gasteiger partial charge in [-0.2, -0.15) is 0 Å². The maximum Gasteiger partial charge on any atom is 0.247 e. The van der Waals surface area contributed by atoms with Gasteiger partial charge in [0.15, 0.2) is 0 Å². The lowest BCUT2D eigenvalue weighted by Gasteiger charge is -2.35. The molecule has 0 aliphatic carbocycles. The lowest BCUT2D eigenvalue weighted by Crippen LogP contribution is -2.58. The standard InChI is InChI=1S/C14H17BrN2O2.ClH/c15-11-2-1-10-3-6-17(12(10)9-11)13(18)14(16)4-7-19-8-5-14;/h1-2,9H,3-8,16H2;1H. The third-order valence-electron chi connectivity index (χ3n) is 4.00. The van der Waals surface area contributed by atoms with Crippen molar-refractivity contribution in [3.8, 4) is 0 Å². The van der Waals surface area contributed by atoms with Crippen LogP contribution in [0.4, 0.5) is 5.69 Å². The lowest BCUT2D eigenvalue weighted by atomic mass is 9.89. The van der Waals surface area contributed by atoms with Gasteiger partial charge in [0.1, 0.15) is 5.54 Å². The van der Waals surface area contributed by atoms with Crippen LogP contribution in [0.3, 0.4) is 0 Å². The Labute approximate surface area is 133 Å². The molecular formula is C14H18BrClN2O2. The largest absolute Gasteiger partial charge is 0.381 e. The topological polar surface area (TPSA) is 55.6 Å². The van der Waals surface area contributed by atoms with Gasteiger partial charge < -0.3 is 15.4 Å². The molecule has 0 unspecified atom stereocenters. The van der Waals surface area contributed by atoms with Gasteiger partial charge in [0.2, 0.25) is 5.91 Å². The van der Waals surface area contributed by atoms with Crippen molar-refractivity contribution in [2.24, 2.45) is 5.73 Å². The van der Waals surface area contributed by atoms with Crippen molar-refractivity contribution < 1.29 is 9.53 Å². The second-order valence-corrected chi connectivity index (χ2v) is 6.16. The van der Waals surface area contributed by atoms with Crippen LogP contribution in [0.2, 0.25) is 0 Å². The zero-order valence-corrected chi connectivity index (χ0v) is 13.5. The van der Waals surface area contributed by atoms with Crippen molar-refractivity contribution in [3.63, 3.8) is 0 Å². The molecule has 110 valence electrons. The average Bonchev–Trinajstić information content (AvgIpc) is 2.81. The number of hydrogen-bond acceptors (Lipinski definition) is 3. The molecule has 1 amide bonds. The van der Waals surface area contributed by atoms with E-state index < -0.39 is 5.54 Å². The van der Waals surface area contributed by atoms with E-state index in [4.69, 9.17) is 10.5 Å². The summed E-state index contributed by atoms with van der Waals surface area (Å²) in [6, 6.07) is 6.09. The van der Waals surface area contributed by atoms with E-state index in [0.717, 1.165) is 23.1 Å². The van der Waals surface area contributed by atoms with Gasteiger partial charge in [0.25, 0.3) is 0 Å². The number of fused-ring (bicyclic) bond motifs is 1. The Kier molecular flexibility index (Phi) is 4.74. The summed E-state index contributed by atoms with van der Waals surface area (Å²) in [6.45, 7) is 1.87. The van der Waals surface area contributed by atoms with E-state index in [1.54, 1.807) is 0 Å². The van der Waals surface area contributed by atoms with Crippen LogP contribution in [-0.4, -0.2) is 31.2 Å². The molecule has 1 fully saturated rings. The van der Waals surface area contributed by atoms with Gasteiger partial charge in [-0.25, -0.2) is 0 Å². The summed E-state index contributed by atoms with van der Waals surface area (Å²) in [5, 5.41) is 0. The van der Waals surface area contributed by atoms with Gasteiger partial charge in [0.05, 0.1) is 0 Å². The highest BCUT2D eigenvalue weighted by Crippen LogP contribution is 2.33. The Hall–Kier alpha value is -0.620. The molecule has 1 aromatic carbocycles. The van der Waals surface area contributed by atoms with E-state index in [9.17, 15) is 4.79 Å². The highest BCUT2D eigenvalue weighted by atomic mass is 79.9. The van der Waals surface area contributed by atoms with E-state index >= 15 is 0 Å². The van der Waals surface area contributed by atoms with Crippen molar-refractivity contribution in [2.45, 2.75) is 24.8 Å². The summed E-state index contributed by atoms with van der Waals surface area (Å²) in [5.41, 5.74) is 7.74. The summed E-state index contributed by atoms with van der Waals surface area (Å²) in [4.78, 5) is 14.6. The van der Waals surface area contributed by atoms with Crippen molar-refractivity contribution >= 4 is 39.9 Å².